The fraction of sp³-hybridized carbons (Fsp3) is 0.500. The number of nitrogens with zero attached hydrogens (tertiary/aromatic N) is 1. The summed E-state index contributed by atoms with van der Waals surface area (Å²) in [5.74, 6) is -0.0135. The van der Waals surface area contributed by atoms with Gasteiger partial charge in [0.05, 0.1) is 19.0 Å². The Morgan fingerprint density at radius 3 is 2.71 bits per heavy atom. The molecule has 0 saturated carbocycles. The number of ether oxygens (including phenoxy) is 1. The van der Waals surface area contributed by atoms with Crippen LogP contribution in [-0.2, 0) is 16.1 Å². The molecular weight excluding hydrogens is 220 g/mol. The Morgan fingerprint density at radius 1 is 1.53 bits per heavy atom. The summed E-state index contributed by atoms with van der Waals surface area (Å²) in [6.45, 7) is 4.34. The Bertz CT molecular complexity index is 363. The molecular formula is C12H18N2O3. The van der Waals surface area contributed by atoms with Crippen molar-refractivity contribution >= 4 is 5.97 Å². The molecule has 1 aromatic heterocycles. The second-order valence-electron chi connectivity index (χ2n) is 4.13. The predicted molar refractivity (Wildman–Crippen MR) is 63.4 cm³/mol. The van der Waals surface area contributed by atoms with E-state index in [0.717, 1.165) is 5.69 Å². The van der Waals surface area contributed by atoms with Crippen LogP contribution in [-0.4, -0.2) is 29.2 Å². The van der Waals surface area contributed by atoms with Gasteiger partial charge in [0.25, 0.3) is 0 Å². The third-order valence-electron chi connectivity index (χ3n) is 2.43. The lowest BCUT2D eigenvalue weighted by Crippen LogP contribution is -2.41. The van der Waals surface area contributed by atoms with Crippen molar-refractivity contribution in [1.82, 2.24) is 10.3 Å². The summed E-state index contributed by atoms with van der Waals surface area (Å²) in [7, 11) is 1.37. The van der Waals surface area contributed by atoms with Gasteiger partial charge >= 0.3 is 5.97 Å². The van der Waals surface area contributed by atoms with Gasteiger partial charge < -0.3 is 9.84 Å². The minimum absolute atomic E-state index is 0.127. The third-order valence-corrected chi connectivity index (χ3v) is 2.43. The molecule has 0 spiro atoms. The zero-order valence-electron chi connectivity index (χ0n) is 10.3. The standard InChI is InChI=1S/C12H18N2O3/c1-8(2)11(12(16)17-3)14-6-9-4-5-10(15)7-13-9/h4-5,7-8,11,14-15H,6H2,1-3H3. The number of methoxy groups -OCH3 is 1. The van der Waals surface area contributed by atoms with Crippen LogP contribution in [0.4, 0.5) is 0 Å². The number of rotatable bonds is 5. The van der Waals surface area contributed by atoms with Gasteiger partial charge in [0, 0.05) is 6.54 Å². The van der Waals surface area contributed by atoms with Gasteiger partial charge in [-0.15, -0.1) is 0 Å². The summed E-state index contributed by atoms with van der Waals surface area (Å²) < 4.78 is 4.72. The van der Waals surface area contributed by atoms with Crippen molar-refractivity contribution in [3.05, 3.63) is 24.0 Å². The maximum Gasteiger partial charge on any atom is 0.323 e. The SMILES string of the molecule is COC(=O)C(NCc1ccc(O)cn1)C(C)C. The fourth-order valence-corrected chi connectivity index (χ4v) is 1.45. The molecule has 1 unspecified atom stereocenters. The second-order valence-corrected chi connectivity index (χ2v) is 4.13. The molecule has 1 aromatic rings. The maximum absolute atomic E-state index is 11.5. The van der Waals surface area contributed by atoms with Gasteiger partial charge in [-0.05, 0) is 18.1 Å². The van der Waals surface area contributed by atoms with Crippen LogP contribution >= 0.6 is 0 Å². The average Bonchev–Trinajstić information content (AvgIpc) is 2.31. The van der Waals surface area contributed by atoms with E-state index >= 15 is 0 Å². The molecule has 5 heteroatoms. The summed E-state index contributed by atoms with van der Waals surface area (Å²) in [4.78, 5) is 15.5. The zero-order valence-corrected chi connectivity index (χ0v) is 10.3. The summed E-state index contributed by atoms with van der Waals surface area (Å²) in [5, 5.41) is 12.2. The number of aromatic nitrogens is 1. The minimum atomic E-state index is -0.351. The Kier molecular flexibility index (Phi) is 4.90. The predicted octanol–water partition coefficient (Wildman–Crippen LogP) is 1.07. The Hall–Kier alpha value is -1.62. The highest BCUT2D eigenvalue weighted by atomic mass is 16.5. The lowest BCUT2D eigenvalue weighted by Gasteiger charge is -2.19. The topological polar surface area (TPSA) is 71.5 Å². The smallest absolute Gasteiger partial charge is 0.323 e. The molecule has 1 heterocycles. The van der Waals surface area contributed by atoms with E-state index in [1.165, 1.54) is 13.3 Å². The van der Waals surface area contributed by atoms with E-state index in [9.17, 15) is 4.79 Å². The van der Waals surface area contributed by atoms with Gasteiger partial charge in [0.2, 0.25) is 0 Å². The van der Waals surface area contributed by atoms with Crippen LogP contribution in [0, 0.1) is 5.92 Å². The lowest BCUT2D eigenvalue weighted by atomic mass is 10.0. The molecule has 17 heavy (non-hydrogen) atoms. The van der Waals surface area contributed by atoms with Crippen molar-refractivity contribution in [2.45, 2.75) is 26.4 Å². The van der Waals surface area contributed by atoms with Gasteiger partial charge in [0.15, 0.2) is 0 Å². The Labute approximate surface area is 101 Å². The summed E-state index contributed by atoms with van der Waals surface area (Å²) >= 11 is 0. The van der Waals surface area contributed by atoms with Crippen LogP contribution in [0.15, 0.2) is 18.3 Å². The molecule has 0 aliphatic rings. The van der Waals surface area contributed by atoms with E-state index in [-0.39, 0.29) is 23.7 Å². The Balaban J connectivity index is 2.58. The monoisotopic (exact) mass is 238 g/mol. The first-order valence-electron chi connectivity index (χ1n) is 5.49. The number of aromatic hydroxyl groups is 1. The molecule has 0 fully saturated rings. The van der Waals surface area contributed by atoms with E-state index < -0.39 is 0 Å². The molecule has 1 atom stereocenters. The number of carbonyl (C=O) groups excluding carboxylic acids is 1. The molecule has 0 radical (unpaired) electrons. The van der Waals surface area contributed by atoms with Gasteiger partial charge in [-0.2, -0.15) is 0 Å². The van der Waals surface area contributed by atoms with Crippen LogP contribution in [0.1, 0.15) is 19.5 Å². The van der Waals surface area contributed by atoms with Crippen molar-refractivity contribution in [1.29, 1.82) is 0 Å². The van der Waals surface area contributed by atoms with Gasteiger partial charge in [-0.1, -0.05) is 13.8 Å². The van der Waals surface area contributed by atoms with Crippen molar-refractivity contribution < 1.29 is 14.6 Å². The lowest BCUT2D eigenvalue weighted by molar-refractivity contribution is -0.144. The normalized spacial score (nSPS) is 12.5. The van der Waals surface area contributed by atoms with Crippen LogP contribution in [0.3, 0.4) is 0 Å². The molecule has 5 nitrogen and oxygen atoms in total. The molecule has 0 aromatic carbocycles. The van der Waals surface area contributed by atoms with Gasteiger partial charge in [0.1, 0.15) is 11.8 Å². The van der Waals surface area contributed by atoms with E-state index in [1.54, 1.807) is 12.1 Å². The molecule has 1 rings (SSSR count). The van der Waals surface area contributed by atoms with Crippen molar-refractivity contribution in [2.24, 2.45) is 5.92 Å². The number of hydrogen-bond acceptors (Lipinski definition) is 5. The molecule has 2 N–H and O–H groups in total. The first kappa shape index (κ1) is 13.4. The number of pyridine rings is 1. The van der Waals surface area contributed by atoms with Gasteiger partial charge in [-0.25, -0.2) is 0 Å². The van der Waals surface area contributed by atoms with E-state index in [4.69, 9.17) is 9.84 Å². The number of carbonyl (C=O) groups is 1. The molecule has 0 aliphatic carbocycles. The summed E-state index contributed by atoms with van der Waals surface area (Å²) in [6.07, 6.45) is 1.37. The van der Waals surface area contributed by atoms with Crippen molar-refractivity contribution in [2.75, 3.05) is 7.11 Å². The summed E-state index contributed by atoms with van der Waals surface area (Å²) in [5.41, 5.74) is 0.761. The van der Waals surface area contributed by atoms with Crippen LogP contribution in [0.25, 0.3) is 0 Å². The highest BCUT2D eigenvalue weighted by Gasteiger charge is 2.22. The highest BCUT2D eigenvalue weighted by Crippen LogP contribution is 2.08. The first-order chi connectivity index (χ1) is 8.04. The minimum Gasteiger partial charge on any atom is -0.506 e. The number of hydrogen-bond donors (Lipinski definition) is 2. The first-order valence-corrected chi connectivity index (χ1v) is 5.49. The van der Waals surface area contributed by atoms with Crippen LogP contribution in [0.2, 0.25) is 0 Å². The fourth-order valence-electron chi connectivity index (χ4n) is 1.45. The van der Waals surface area contributed by atoms with Crippen LogP contribution in [0.5, 0.6) is 5.75 Å². The van der Waals surface area contributed by atoms with Crippen molar-refractivity contribution in [3.63, 3.8) is 0 Å². The molecule has 0 amide bonds. The maximum atomic E-state index is 11.5. The van der Waals surface area contributed by atoms with Crippen molar-refractivity contribution in [3.8, 4) is 5.75 Å². The van der Waals surface area contributed by atoms with Crippen LogP contribution < -0.4 is 5.32 Å². The van der Waals surface area contributed by atoms with E-state index in [0.29, 0.717) is 6.54 Å². The molecule has 0 bridgehead atoms. The zero-order chi connectivity index (χ0) is 12.8. The molecule has 0 aliphatic heterocycles. The summed E-state index contributed by atoms with van der Waals surface area (Å²) in [6, 6.07) is 2.92. The average molecular weight is 238 g/mol. The largest absolute Gasteiger partial charge is 0.506 e. The number of nitrogens with one attached hydrogen (secondary N) is 1. The molecule has 94 valence electrons. The Morgan fingerprint density at radius 2 is 2.24 bits per heavy atom. The third kappa shape index (κ3) is 4.03. The van der Waals surface area contributed by atoms with Gasteiger partial charge in [-0.3, -0.25) is 15.1 Å². The second kappa shape index (κ2) is 6.20. The quantitative estimate of drug-likeness (QED) is 0.751. The molecule has 0 saturated heterocycles. The van der Waals surface area contributed by atoms with E-state index in [2.05, 4.69) is 10.3 Å². The number of esters is 1. The highest BCUT2D eigenvalue weighted by molar-refractivity contribution is 5.75. The van der Waals surface area contributed by atoms with E-state index in [1.807, 2.05) is 13.8 Å².